The second kappa shape index (κ2) is 6.27. The van der Waals surface area contributed by atoms with Crippen LogP contribution in [-0.2, 0) is 15.5 Å². The number of hydrogen-bond acceptors (Lipinski definition) is 1. The third-order valence-electron chi connectivity index (χ3n) is 4.06. The zero-order valence-electron chi connectivity index (χ0n) is 10.8. The van der Waals surface area contributed by atoms with E-state index >= 15 is 0 Å². The molecule has 1 aromatic rings. The Morgan fingerprint density at radius 2 is 2.00 bits per heavy atom. The molecule has 0 heterocycles. The number of halogens is 2. The Labute approximate surface area is 127 Å². The molecule has 1 fully saturated rings. The first kappa shape index (κ1) is 14.9. The molecule has 0 amide bonds. The van der Waals surface area contributed by atoms with E-state index in [1.807, 2.05) is 18.2 Å². The molecule has 19 heavy (non-hydrogen) atoms. The van der Waals surface area contributed by atoms with Gasteiger partial charge in [-0.15, -0.1) is 0 Å². The van der Waals surface area contributed by atoms with Gasteiger partial charge >= 0.3 is 5.97 Å². The standard InChI is InChI=1S/C15H18BrClO2/c16-10-11-4-5-12(13(17)8-11)15(9-14(18)19)6-2-1-3-7-15/h4-5,8H,1-3,6-7,9-10H2,(H,18,19). The third kappa shape index (κ3) is 3.32. The third-order valence-corrected chi connectivity index (χ3v) is 5.02. The number of aliphatic carboxylic acids is 1. The molecular weight excluding hydrogens is 328 g/mol. The quantitative estimate of drug-likeness (QED) is 0.787. The van der Waals surface area contributed by atoms with E-state index in [0.29, 0.717) is 5.02 Å². The van der Waals surface area contributed by atoms with Crippen molar-refractivity contribution >= 4 is 33.5 Å². The number of alkyl halides is 1. The van der Waals surface area contributed by atoms with Gasteiger partial charge in [0.2, 0.25) is 0 Å². The fourth-order valence-electron chi connectivity index (χ4n) is 3.13. The van der Waals surface area contributed by atoms with Gasteiger partial charge in [0.15, 0.2) is 0 Å². The van der Waals surface area contributed by atoms with Crippen molar-refractivity contribution in [3.05, 3.63) is 34.3 Å². The molecule has 0 saturated heterocycles. The smallest absolute Gasteiger partial charge is 0.304 e. The molecule has 0 aromatic heterocycles. The molecular formula is C15H18BrClO2. The monoisotopic (exact) mass is 344 g/mol. The van der Waals surface area contributed by atoms with E-state index in [2.05, 4.69) is 15.9 Å². The molecule has 0 radical (unpaired) electrons. The zero-order chi connectivity index (χ0) is 13.9. The summed E-state index contributed by atoms with van der Waals surface area (Å²) in [4.78, 5) is 11.2. The summed E-state index contributed by atoms with van der Waals surface area (Å²) in [6, 6.07) is 6.01. The lowest BCUT2D eigenvalue weighted by Gasteiger charge is -2.37. The predicted molar refractivity (Wildman–Crippen MR) is 81.1 cm³/mol. The first-order chi connectivity index (χ1) is 9.07. The molecule has 1 aliphatic carbocycles. The summed E-state index contributed by atoms with van der Waals surface area (Å²) >= 11 is 9.81. The van der Waals surface area contributed by atoms with E-state index in [0.717, 1.165) is 42.1 Å². The molecule has 1 aromatic carbocycles. The number of rotatable bonds is 4. The Morgan fingerprint density at radius 3 is 2.53 bits per heavy atom. The van der Waals surface area contributed by atoms with Crippen LogP contribution in [0.2, 0.25) is 5.02 Å². The van der Waals surface area contributed by atoms with Gasteiger partial charge in [0, 0.05) is 15.8 Å². The van der Waals surface area contributed by atoms with Gasteiger partial charge in [-0.05, 0) is 30.0 Å². The van der Waals surface area contributed by atoms with Crippen molar-refractivity contribution < 1.29 is 9.90 Å². The number of carbonyl (C=O) groups is 1. The van der Waals surface area contributed by atoms with Crippen LogP contribution in [0.4, 0.5) is 0 Å². The lowest BCUT2D eigenvalue weighted by atomic mass is 9.67. The van der Waals surface area contributed by atoms with Crippen LogP contribution >= 0.6 is 27.5 Å². The molecule has 0 atom stereocenters. The fraction of sp³-hybridized carbons (Fsp3) is 0.533. The highest BCUT2D eigenvalue weighted by molar-refractivity contribution is 9.08. The lowest BCUT2D eigenvalue weighted by molar-refractivity contribution is -0.138. The van der Waals surface area contributed by atoms with Crippen LogP contribution in [0.15, 0.2) is 18.2 Å². The second-order valence-electron chi connectivity index (χ2n) is 5.36. The minimum absolute atomic E-state index is 0.181. The van der Waals surface area contributed by atoms with Gasteiger partial charge in [-0.1, -0.05) is 58.9 Å². The first-order valence-electron chi connectivity index (χ1n) is 6.64. The van der Waals surface area contributed by atoms with Gasteiger partial charge in [-0.2, -0.15) is 0 Å². The molecule has 1 saturated carbocycles. The highest BCUT2D eigenvalue weighted by Gasteiger charge is 2.37. The Kier molecular flexibility index (Phi) is 4.91. The maximum atomic E-state index is 11.2. The maximum absolute atomic E-state index is 11.2. The minimum atomic E-state index is -0.734. The van der Waals surface area contributed by atoms with E-state index < -0.39 is 5.97 Å². The maximum Gasteiger partial charge on any atom is 0.304 e. The van der Waals surface area contributed by atoms with Gasteiger partial charge in [0.05, 0.1) is 6.42 Å². The summed E-state index contributed by atoms with van der Waals surface area (Å²) < 4.78 is 0. The second-order valence-corrected chi connectivity index (χ2v) is 6.33. The average Bonchev–Trinajstić information content (AvgIpc) is 2.38. The summed E-state index contributed by atoms with van der Waals surface area (Å²) in [5.74, 6) is -0.734. The van der Waals surface area contributed by atoms with Crippen LogP contribution in [0.25, 0.3) is 0 Å². The number of hydrogen-bond donors (Lipinski definition) is 1. The molecule has 2 rings (SSSR count). The molecule has 2 nitrogen and oxygen atoms in total. The number of benzene rings is 1. The average molecular weight is 346 g/mol. The van der Waals surface area contributed by atoms with Crippen LogP contribution in [0, 0.1) is 0 Å². The van der Waals surface area contributed by atoms with Crippen molar-refractivity contribution in [2.75, 3.05) is 0 Å². The first-order valence-corrected chi connectivity index (χ1v) is 8.14. The van der Waals surface area contributed by atoms with Crippen molar-refractivity contribution in [1.82, 2.24) is 0 Å². The van der Waals surface area contributed by atoms with Crippen molar-refractivity contribution in [3.8, 4) is 0 Å². The molecule has 0 aliphatic heterocycles. The van der Waals surface area contributed by atoms with Gasteiger partial charge in [-0.25, -0.2) is 0 Å². The Balaban J connectivity index is 2.40. The van der Waals surface area contributed by atoms with E-state index in [-0.39, 0.29) is 11.8 Å². The zero-order valence-corrected chi connectivity index (χ0v) is 13.1. The molecule has 0 unspecified atom stereocenters. The van der Waals surface area contributed by atoms with Crippen LogP contribution in [-0.4, -0.2) is 11.1 Å². The molecule has 104 valence electrons. The summed E-state index contributed by atoms with van der Waals surface area (Å²) in [5.41, 5.74) is 1.86. The Bertz CT molecular complexity index is 467. The number of carboxylic acid groups (broad SMARTS) is 1. The summed E-state index contributed by atoms with van der Waals surface area (Å²) in [7, 11) is 0. The Morgan fingerprint density at radius 1 is 1.32 bits per heavy atom. The van der Waals surface area contributed by atoms with E-state index in [1.54, 1.807) is 0 Å². The van der Waals surface area contributed by atoms with Gasteiger partial charge in [-0.3, -0.25) is 4.79 Å². The number of carboxylic acids is 1. The van der Waals surface area contributed by atoms with Crippen LogP contribution in [0.1, 0.15) is 49.7 Å². The van der Waals surface area contributed by atoms with Crippen LogP contribution in [0.3, 0.4) is 0 Å². The van der Waals surface area contributed by atoms with Gasteiger partial charge in [0.1, 0.15) is 0 Å². The van der Waals surface area contributed by atoms with Crippen LogP contribution in [0.5, 0.6) is 0 Å². The Hall–Kier alpha value is -0.540. The fourth-order valence-corrected chi connectivity index (χ4v) is 3.88. The van der Waals surface area contributed by atoms with E-state index in [4.69, 9.17) is 11.6 Å². The van der Waals surface area contributed by atoms with Crippen molar-refractivity contribution in [2.24, 2.45) is 0 Å². The summed E-state index contributed by atoms with van der Waals surface area (Å²) in [6.07, 6.45) is 5.39. The minimum Gasteiger partial charge on any atom is -0.481 e. The van der Waals surface area contributed by atoms with Crippen molar-refractivity contribution in [2.45, 2.75) is 49.3 Å². The molecule has 0 spiro atoms. The highest BCUT2D eigenvalue weighted by Crippen LogP contribution is 2.45. The highest BCUT2D eigenvalue weighted by atomic mass is 79.9. The molecule has 4 heteroatoms. The topological polar surface area (TPSA) is 37.3 Å². The van der Waals surface area contributed by atoms with Crippen molar-refractivity contribution in [1.29, 1.82) is 0 Å². The van der Waals surface area contributed by atoms with E-state index in [9.17, 15) is 9.90 Å². The summed E-state index contributed by atoms with van der Waals surface area (Å²) in [5, 5.41) is 10.7. The normalized spacial score (nSPS) is 18.2. The van der Waals surface area contributed by atoms with Crippen molar-refractivity contribution in [3.63, 3.8) is 0 Å². The largest absolute Gasteiger partial charge is 0.481 e. The molecule has 1 N–H and O–H groups in total. The van der Waals surface area contributed by atoms with Gasteiger partial charge in [0.25, 0.3) is 0 Å². The van der Waals surface area contributed by atoms with E-state index in [1.165, 1.54) is 6.42 Å². The van der Waals surface area contributed by atoms with Crippen LogP contribution < -0.4 is 0 Å². The molecule has 0 bridgehead atoms. The SMILES string of the molecule is O=C(O)CC1(c2ccc(CBr)cc2Cl)CCCCC1. The lowest BCUT2D eigenvalue weighted by Crippen LogP contribution is -2.32. The predicted octanol–water partition coefficient (Wildman–Crippen LogP) is 4.91. The van der Waals surface area contributed by atoms with Gasteiger partial charge < -0.3 is 5.11 Å². The molecule has 1 aliphatic rings. The summed E-state index contributed by atoms with van der Waals surface area (Å²) in [6.45, 7) is 0.